The largest absolute Gasteiger partial charge is 0.348 e. The van der Waals surface area contributed by atoms with E-state index in [-0.39, 0.29) is 11.7 Å². The molecule has 0 aliphatic carbocycles. The first-order valence-electron chi connectivity index (χ1n) is 7.47. The molecule has 0 spiro atoms. The van der Waals surface area contributed by atoms with E-state index in [1.165, 1.54) is 6.92 Å². The predicted octanol–water partition coefficient (Wildman–Crippen LogP) is 1.77. The zero-order chi connectivity index (χ0) is 17.8. The van der Waals surface area contributed by atoms with Gasteiger partial charge in [-0.1, -0.05) is 18.2 Å². The van der Waals surface area contributed by atoms with Gasteiger partial charge in [0.15, 0.2) is 0 Å². The SMILES string of the molecule is CC(=O)Nc1ccc(NC(=O)c2nn(-c3ccccc3)c(=O)[nH]2)cc1. The lowest BCUT2D eigenvalue weighted by molar-refractivity contribution is -0.114. The highest BCUT2D eigenvalue weighted by Gasteiger charge is 2.14. The lowest BCUT2D eigenvalue weighted by Gasteiger charge is -2.05. The lowest BCUT2D eigenvalue weighted by Crippen LogP contribution is -2.15. The normalized spacial score (nSPS) is 10.3. The number of carbonyl (C=O) groups excluding carboxylic acids is 2. The molecule has 8 nitrogen and oxygen atoms in total. The quantitative estimate of drug-likeness (QED) is 0.674. The second-order valence-electron chi connectivity index (χ2n) is 5.24. The summed E-state index contributed by atoms with van der Waals surface area (Å²) in [6, 6.07) is 15.4. The molecule has 1 heterocycles. The van der Waals surface area contributed by atoms with E-state index in [0.717, 1.165) is 4.68 Å². The van der Waals surface area contributed by atoms with Gasteiger partial charge < -0.3 is 10.6 Å². The summed E-state index contributed by atoms with van der Waals surface area (Å²) in [6.45, 7) is 1.41. The van der Waals surface area contributed by atoms with Gasteiger partial charge in [-0.3, -0.25) is 14.6 Å². The maximum Gasteiger partial charge on any atom is 0.348 e. The number of nitrogens with zero attached hydrogens (tertiary/aromatic N) is 2. The van der Waals surface area contributed by atoms with Crippen molar-refractivity contribution in [3.8, 4) is 5.69 Å². The number of nitrogens with one attached hydrogen (secondary N) is 3. The Bertz CT molecular complexity index is 958. The topological polar surface area (TPSA) is 109 Å². The van der Waals surface area contributed by atoms with E-state index in [4.69, 9.17) is 0 Å². The Morgan fingerprint density at radius 3 is 2.16 bits per heavy atom. The highest BCUT2D eigenvalue weighted by molar-refractivity contribution is 6.01. The fourth-order valence-corrected chi connectivity index (χ4v) is 2.20. The molecule has 1 aromatic heterocycles. The van der Waals surface area contributed by atoms with E-state index in [1.807, 2.05) is 6.07 Å². The highest BCUT2D eigenvalue weighted by Crippen LogP contribution is 2.14. The van der Waals surface area contributed by atoms with Crippen molar-refractivity contribution in [2.24, 2.45) is 0 Å². The van der Waals surface area contributed by atoms with Gasteiger partial charge in [0.25, 0.3) is 5.91 Å². The number of hydrogen-bond donors (Lipinski definition) is 3. The van der Waals surface area contributed by atoms with Crippen LogP contribution in [0.5, 0.6) is 0 Å². The molecule has 3 N–H and O–H groups in total. The Balaban J connectivity index is 1.76. The monoisotopic (exact) mass is 337 g/mol. The Morgan fingerprint density at radius 2 is 1.56 bits per heavy atom. The lowest BCUT2D eigenvalue weighted by atomic mass is 10.2. The minimum Gasteiger partial charge on any atom is -0.326 e. The van der Waals surface area contributed by atoms with Gasteiger partial charge in [0.1, 0.15) is 0 Å². The summed E-state index contributed by atoms with van der Waals surface area (Å²) < 4.78 is 1.12. The van der Waals surface area contributed by atoms with Crippen molar-refractivity contribution in [3.05, 3.63) is 70.9 Å². The molecular weight excluding hydrogens is 322 g/mol. The molecule has 0 aliphatic rings. The minimum atomic E-state index is -0.543. The maximum absolute atomic E-state index is 12.2. The number of benzene rings is 2. The van der Waals surface area contributed by atoms with Crippen molar-refractivity contribution in [1.82, 2.24) is 14.8 Å². The van der Waals surface area contributed by atoms with Crippen LogP contribution in [0, 0.1) is 0 Å². The van der Waals surface area contributed by atoms with Crippen LogP contribution in [-0.2, 0) is 4.79 Å². The van der Waals surface area contributed by atoms with Crippen LogP contribution in [-0.4, -0.2) is 26.6 Å². The van der Waals surface area contributed by atoms with Crippen LogP contribution in [0.15, 0.2) is 59.4 Å². The molecule has 8 heteroatoms. The standard InChI is InChI=1S/C17H15N5O3/c1-11(23)18-12-7-9-13(10-8-12)19-16(24)15-20-17(25)22(21-15)14-5-3-2-4-6-14/h2-10H,1H3,(H,18,23)(H,19,24)(H,20,21,25). The molecule has 0 saturated carbocycles. The molecule has 0 bridgehead atoms. The number of amides is 2. The number of para-hydroxylation sites is 1. The molecular formula is C17H15N5O3. The van der Waals surface area contributed by atoms with Crippen LogP contribution in [0.1, 0.15) is 17.5 Å². The zero-order valence-corrected chi connectivity index (χ0v) is 13.3. The number of carbonyl (C=O) groups is 2. The number of H-pyrrole nitrogens is 1. The molecule has 3 rings (SSSR count). The molecule has 0 radical (unpaired) electrons. The van der Waals surface area contributed by atoms with Gasteiger partial charge in [-0.2, -0.15) is 4.68 Å². The fourth-order valence-electron chi connectivity index (χ4n) is 2.20. The average molecular weight is 337 g/mol. The summed E-state index contributed by atoms with van der Waals surface area (Å²) in [5.41, 5.74) is 1.18. The van der Waals surface area contributed by atoms with Crippen LogP contribution < -0.4 is 16.3 Å². The number of hydrogen-bond acceptors (Lipinski definition) is 4. The smallest absolute Gasteiger partial charge is 0.326 e. The second kappa shape index (κ2) is 6.83. The van der Waals surface area contributed by atoms with Crippen molar-refractivity contribution in [2.45, 2.75) is 6.92 Å². The molecule has 0 saturated heterocycles. The Kier molecular flexibility index (Phi) is 4.42. The highest BCUT2D eigenvalue weighted by atomic mass is 16.2. The molecule has 25 heavy (non-hydrogen) atoms. The van der Waals surface area contributed by atoms with Crippen LogP contribution in [0.25, 0.3) is 5.69 Å². The summed E-state index contributed by atoms with van der Waals surface area (Å²) in [5.74, 6) is -0.820. The summed E-state index contributed by atoms with van der Waals surface area (Å²) in [7, 11) is 0. The first-order valence-corrected chi connectivity index (χ1v) is 7.47. The van der Waals surface area contributed by atoms with Crippen LogP contribution in [0.4, 0.5) is 11.4 Å². The molecule has 0 fully saturated rings. The third-order valence-electron chi connectivity index (χ3n) is 3.30. The molecule has 0 aliphatic heterocycles. The van der Waals surface area contributed by atoms with Crippen LogP contribution >= 0.6 is 0 Å². The van der Waals surface area contributed by atoms with Gasteiger partial charge >= 0.3 is 5.69 Å². The van der Waals surface area contributed by atoms with E-state index >= 15 is 0 Å². The van der Waals surface area contributed by atoms with Crippen molar-refractivity contribution in [3.63, 3.8) is 0 Å². The second-order valence-corrected chi connectivity index (χ2v) is 5.24. The summed E-state index contributed by atoms with van der Waals surface area (Å²) in [5, 5.41) is 9.28. The van der Waals surface area contributed by atoms with Crippen molar-refractivity contribution < 1.29 is 9.59 Å². The molecule has 126 valence electrons. The van der Waals surface area contributed by atoms with Gasteiger partial charge in [0.05, 0.1) is 5.69 Å². The molecule has 2 amide bonds. The Labute approximate surface area is 142 Å². The fraction of sp³-hybridized carbons (Fsp3) is 0.0588. The van der Waals surface area contributed by atoms with Crippen molar-refractivity contribution in [1.29, 1.82) is 0 Å². The summed E-state index contributed by atoms with van der Waals surface area (Å²) >= 11 is 0. The average Bonchev–Trinajstić information content (AvgIpc) is 2.99. The Morgan fingerprint density at radius 1 is 0.960 bits per heavy atom. The third kappa shape index (κ3) is 3.81. The Hall–Kier alpha value is -3.68. The van der Waals surface area contributed by atoms with E-state index in [0.29, 0.717) is 17.1 Å². The first-order chi connectivity index (χ1) is 12.0. The molecule has 2 aromatic carbocycles. The zero-order valence-electron chi connectivity index (χ0n) is 13.3. The number of rotatable bonds is 4. The van der Waals surface area contributed by atoms with Crippen molar-refractivity contribution in [2.75, 3.05) is 10.6 Å². The number of aromatic nitrogens is 3. The first kappa shape index (κ1) is 16.2. The minimum absolute atomic E-state index is 0.0974. The predicted molar refractivity (Wildman–Crippen MR) is 92.9 cm³/mol. The van der Waals surface area contributed by atoms with E-state index in [1.54, 1.807) is 48.5 Å². The number of aromatic amines is 1. The van der Waals surface area contributed by atoms with E-state index in [9.17, 15) is 14.4 Å². The van der Waals surface area contributed by atoms with Crippen LogP contribution in [0.2, 0.25) is 0 Å². The van der Waals surface area contributed by atoms with Crippen molar-refractivity contribution >= 4 is 23.2 Å². The van der Waals surface area contributed by atoms with E-state index < -0.39 is 11.6 Å². The van der Waals surface area contributed by atoms with Gasteiger partial charge in [-0.15, -0.1) is 5.10 Å². The number of anilines is 2. The molecule has 0 unspecified atom stereocenters. The molecule has 0 atom stereocenters. The van der Waals surface area contributed by atoms with E-state index in [2.05, 4.69) is 20.7 Å². The summed E-state index contributed by atoms with van der Waals surface area (Å²) in [4.78, 5) is 37.6. The van der Waals surface area contributed by atoms with Gasteiger partial charge in [0, 0.05) is 18.3 Å². The van der Waals surface area contributed by atoms with Gasteiger partial charge in [0.2, 0.25) is 11.7 Å². The maximum atomic E-state index is 12.2. The summed E-state index contributed by atoms with van der Waals surface area (Å²) in [6.07, 6.45) is 0. The van der Waals surface area contributed by atoms with Gasteiger partial charge in [-0.25, -0.2) is 4.79 Å². The molecule has 3 aromatic rings. The van der Waals surface area contributed by atoms with Crippen LogP contribution in [0.3, 0.4) is 0 Å². The third-order valence-corrected chi connectivity index (χ3v) is 3.30. The van der Waals surface area contributed by atoms with Gasteiger partial charge in [-0.05, 0) is 36.4 Å².